The Morgan fingerprint density at radius 3 is 2.28 bits per heavy atom. The second-order valence-corrected chi connectivity index (χ2v) is 11.6. The largest absolute Gasteiger partial charge is 0.356 e. The summed E-state index contributed by atoms with van der Waals surface area (Å²) in [6.45, 7) is 7.99. The maximum absolute atomic E-state index is 13.1. The highest BCUT2D eigenvalue weighted by atomic mass is 32.2. The molecule has 1 spiro atoms. The lowest BCUT2D eigenvalue weighted by atomic mass is 9.97. The number of carbonyl (C=O) groups is 1. The monoisotopic (exact) mass is 472 g/mol. The van der Waals surface area contributed by atoms with Gasteiger partial charge in [0.15, 0.2) is 5.79 Å². The first-order chi connectivity index (χ1) is 15.4. The number of hydrogen-bond acceptors (Lipinski definition) is 6. The molecule has 4 fully saturated rings. The standard InChI is InChI=1S/C22H40N4O5S/c1-19-5-2-3-11-24(19)12-4-10-23-21(27)20-6-13-25(14-7-20)32(28,29)26-15-8-22(9-16-26)30-17-18-31-22/h19-20H,2-18H2,1H3,(H,23,27). The predicted molar refractivity (Wildman–Crippen MR) is 121 cm³/mol. The molecule has 4 heterocycles. The minimum absolute atomic E-state index is 0.0733. The minimum Gasteiger partial charge on any atom is -0.356 e. The molecular formula is C22H40N4O5S. The van der Waals surface area contributed by atoms with Crippen molar-refractivity contribution >= 4 is 16.1 Å². The molecule has 10 heteroatoms. The first-order valence-corrected chi connectivity index (χ1v) is 13.8. The number of piperidine rings is 3. The summed E-state index contributed by atoms with van der Waals surface area (Å²) in [6.07, 6.45) is 7.14. The fourth-order valence-electron chi connectivity index (χ4n) is 5.48. The molecule has 4 aliphatic rings. The van der Waals surface area contributed by atoms with Crippen molar-refractivity contribution in [3.05, 3.63) is 0 Å². The first-order valence-electron chi connectivity index (χ1n) is 12.4. The minimum atomic E-state index is -3.50. The van der Waals surface area contributed by atoms with Crippen LogP contribution in [0.1, 0.15) is 58.3 Å². The maximum atomic E-state index is 13.1. The molecule has 32 heavy (non-hydrogen) atoms. The second kappa shape index (κ2) is 10.7. The van der Waals surface area contributed by atoms with Crippen molar-refractivity contribution in [3.8, 4) is 0 Å². The summed E-state index contributed by atoms with van der Waals surface area (Å²) in [5.74, 6) is -0.604. The number of likely N-dealkylation sites (tertiary alicyclic amines) is 1. The third kappa shape index (κ3) is 5.64. The number of rotatable bonds is 7. The lowest BCUT2D eigenvalue weighted by Crippen LogP contribution is -2.53. The van der Waals surface area contributed by atoms with E-state index in [1.807, 2.05) is 0 Å². The van der Waals surface area contributed by atoms with E-state index in [2.05, 4.69) is 17.1 Å². The smallest absolute Gasteiger partial charge is 0.281 e. The van der Waals surface area contributed by atoms with Gasteiger partial charge in [0.25, 0.3) is 10.2 Å². The van der Waals surface area contributed by atoms with Crippen LogP contribution in [0.5, 0.6) is 0 Å². The molecular weight excluding hydrogens is 432 g/mol. The Hall–Kier alpha value is -0.780. The molecule has 0 aromatic rings. The Morgan fingerprint density at radius 1 is 0.969 bits per heavy atom. The second-order valence-electron chi connectivity index (χ2n) is 9.71. The van der Waals surface area contributed by atoms with Crippen molar-refractivity contribution < 1.29 is 22.7 Å². The summed E-state index contributed by atoms with van der Waals surface area (Å²) in [7, 11) is -3.50. The molecule has 4 rings (SSSR count). The summed E-state index contributed by atoms with van der Waals surface area (Å²) in [5.41, 5.74) is 0. The van der Waals surface area contributed by atoms with E-state index in [9.17, 15) is 13.2 Å². The van der Waals surface area contributed by atoms with Gasteiger partial charge in [-0.05, 0) is 45.6 Å². The van der Waals surface area contributed by atoms with Crippen LogP contribution < -0.4 is 5.32 Å². The van der Waals surface area contributed by atoms with E-state index >= 15 is 0 Å². The maximum Gasteiger partial charge on any atom is 0.281 e. The highest BCUT2D eigenvalue weighted by molar-refractivity contribution is 7.86. The Bertz CT molecular complexity index is 725. The molecule has 1 N–H and O–H groups in total. The van der Waals surface area contributed by atoms with Crippen LogP contribution in [0.3, 0.4) is 0 Å². The topological polar surface area (TPSA) is 91.4 Å². The zero-order valence-corrected chi connectivity index (χ0v) is 20.3. The van der Waals surface area contributed by atoms with Crippen LogP contribution in [0, 0.1) is 5.92 Å². The summed E-state index contributed by atoms with van der Waals surface area (Å²) in [6, 6.07) is 0.648. The molecule has 9 nitrogen and oxygen atoms in total. The SMILES string of the molecule is CC1CCCCN1CCCNC(=O)C1CCN(S(=O)(=O)N2CCC3(CC2)OCCO3)CC1. The third-order valence-corrected chi connectivity index (χ3v) is 9.67. The molecule has 0 aromatic carbocycles. The molecule has 4 saturated heterocycles. The van der Waals surface area contributed by atoms with Gasteiger partial charge in [0.2, 0.25) is 5.91 Å². The number of carbonyl (C=O) groups excluding carboxylic acids is 1. The molecule has 0 aromatic heterocycles. The van der Waals surface area contributed by atoms with Gasteiger partial charge in [0, 0.05) is 64.1 Å². The lowest BCUT2D eigenvalue weighted by molar-refractivity contribution is -0.179. The van der Waals surface area contributed by atoms with Crippen LogP contribution in [0.15, 0.2) is 0 Å². The Morgan fingerprint density at radius 2 is 1.62 bits per heavy atom. The van der Waals surface area contributed by atoms with Gasteiger partial charge in [-0.1, -0.05) is 6.42 Å². The van der Waals surface area contributed by atoms with Crippen LogP contribution in [-0.4, -0.2) is 98.7 Å². The Balaban J connectivity index is 1.16. The lowest BCUT2D eigenvalue weighted by Gasteiger charge is -2.40. The Kier molecular flexibility index (Phi) is 8.10. The first kappa shape index (κ1) is 24.3. The highest BCUT2D eigenvalue weighted by Crippen LogP contribution is 2.33. The quantitative estimate of drug-likeness (QED) is 0.559. The summed E-state index contributed by atoms with van der Waals surface area (Å²) < 4.78 is 40.6. The van der Waals surface area contributed by atoms with Gasteiger partial charge in [0.1, 0.15) is 0 Å². The Labute approximate surface area is 192 Å². The number of nitrogens with zero attached hydrogens (tertiary/aromatic N) is 3. The summed E-state index contributed by atoms with van der Waals surface area (Å²) in [5, 5.41) is 3.08. The number of ether oxygens (including phenoxy) is 2. The van der Waals surface area contributed by atoms with Crippen LogP contribution in [0.4, 0.5) is 0 Å². The average molecular weight is 473 g/mol. The van der Waals surface area contributed by atoms with Crippen molar-refractivity contribution in [3.63, 3.8) is 0 Å². The fraction of sp³-hybridized carbons (Fsp3) is 0.955. The molecule has 0 saturated carbocycles. The molecule has 0 radical (unpaired) electrons. The van der Waals surface area contributed by atoms with Gasteiger partial charge < -0.3 is 19.7 Å². The molecule has 0 bridgehead atoms. The molecule has 1 amide bonds. The number of nitrogens with one attached hydrogen (secondary N) is 1. The van der Waals surface area contributed by atoms with Crippen LogP contribution in [0.2, 0.25) is 0 Å². The number of amides is 1. The zero-order valence-electron chi connectivity index (χ0n) is 19.5. The van der Waals surface area contributed by atoms with E-state index in [0.717, 1.165) is 13.0 Å². The van der Waals surface area contributed by atoms with Crippen LogP contribution >= 0.6 is 0 Å². The van der Waals surface area contributed by atoms with E-state index in [0.29, 0.717) is 77.7 Å². The summed E-state index contributed by atoms with van der Waals surface area (Å²) in [4.78, 5) is 15.1. The molecule has 1 atom stereocenters. The van der Waals surface area contributed by atoms with Crippen LogP contribution in [-0.2, 0) is 24.5 Å². The highest BCUT2D eigenvalue weighted by Gasteiger charge is 2.44. The predicted octanol–water partition coefficient (Wildman–Crippen LogP) is 1.16. The fourth-order valence-corrected chi connectivity index (χ4v) is 7.13. The normalized spacial score (nSPS) is 28.8. The van der Waals surface area contributed by atoms with Crippen molar-refractivity contribution in [2.75, 3.05) is 59.0 Å². The molecule has 184 valence electrons. The molecule has 4 aliphatic heterocycles. The molecule has 0 aliphatic carbocycles. The van der Waals surface area contributed by atoms with Crippen molar-refractivity contribution in [2.45, 2.75) is 70.1 Å². The van der Waals surface area contributed by atoms with Gasteiger partial charge in [0.05, 0.1) is 13.2 Å². The molecule has 1 unspecified atom stereocenters. The van der Waals surface area contributed by atoms with Crippen LogP contribution in [0.25, 0.3) is 0 Å². The van der Waals surface area contributed by atoms with Crippen molar-refractivity contribution in [1.82, 2.24) is 18.8 Å². The van der Waals surface area contributed by atoms with E-state index in [4.69, 9.17) is 9.47 Å². The van der Waals surface area contributed by atoms with Gasteiger partial charge in [-0.25, -0.2) is 0 Å². The van der Waals surface area contributed by atoms with Crippen molar-refractivity contribution in [2.24, 2.45) is 5.92 Å². The zero-order chi connectivity index (χ0) is 22.6. The van der Waals surface area contributed by atoms with Gasteiger partial charge in [-0.2, -0.15) is 17.0 Å². The van der Waals surface area contributed by atoms with Crippen molar-refractivity contribution in [1.29, 1.82) is 0 Å². The van der Waals surface area contributed by atoms with E-state index in [1.54, 1.807) is 8.61 Å². The third-order valence-electron chi connectivity index (χ3n) is 7.64. The average Bonchev–Trinajstić information content (AvgIpc) is 3.26. The van der Waals surface area contributed by atoms with Gasteiger partial charge >= 0.3 is 0 Å². The van der Waals surface area contributed by atoms with Gasteiger partial charge in [-0.15, -0.1) is 0 Å². The van der Waals surface area contributed by atoms with E-state index in [1.165, 1.54) is 25.8 Å². The van der Waals surface area contributed by atoms with Gasteiger partial charge in [-0.3, -0.25) is 4.79 Å². The van der Waals surface area contributed by atoms with E-state index < -0.39 is 16.0 Å². The summed E-state index contributed by atoms with van der Waals surface area (Å²) >= 11 is 0. The van der Waals surface area contributed by atoms with E-state index in [-0.39, 0.29) is 11.8 Å². The number of hydrogen-bond donors (Lipinski definition) is 1.